The number of rotatable bonds is 4. The molecule has 2 heterocycles. The Kier molecular flexibility index (Phi) is 4.54. The molecule has 6 nitrogen and oxygen atoms in total. The average molecular weight is 335 g/mol. The summed E-state index contributed by atoms with van der Waals surface area (Å²) in [6, 6.07) is 9.98. The predicted octanol–water partition coefficient (Wildman–Crippen LogP) is 1.35. The second-order valence-electron chi connectivity index (χ2n) is 5.74. The van der Waals surface area contributed by atoms with Gasteiger partial charge in [-0.25, -0.2) is 9.11 Å². The fourth-order valence-corrected chi connectivity index (χ4v) is 3.59. The third-order valence-electron chi connectivity index (χ3n) is 4.15. The van der Waals surface area contributed by atoms with E-state index in [9.17, 15) is 8.42 Å². The minimum atomic E-state index is -3.75. The summed E-state index contributed by atoms with van der Waals surface area (Å²) in [4.78, 5) is 2.36. The Labute approximate surface area is 136 Å². The van der Waals surface area contributed by atoms with Crippen LogP contribution in [-0.4, -0.2) is 43.6 Å². The molecule has 0 spiro atoms. The zero-order chi connectivity index (χ0) is 16.4. The Morgan fingerprint density at radius 1 is 1.13 bits per heavy atom. The number of ether oxygens (including phenoxy) is 1. The van der Waals surface area contributed by atoms with Gasteiger partial charge in [0.1, 0.15) is 0 Å². The number of hydrogen-bond donors (Lipinski definition) is 1. The third-order valence-corrected chi connectivity index (χ3v) is 5.09. The zero-order valence-corrected chi connectivity index (χ0v) is 13.9. The lowest BCUT2D eigenvalue weighted by atomic mass is 10.0. The first-order valence-electron chi connectivity index (χ1n) is 7.56. The number of nitrogens with two attached hydrogens (primary N) is 1. The van der Waals surface area contributed by atoms with Gasteiger partial charge in [-0.05, 0) is 24.1 Å². The smallest absolute Gasteiger partial charge is 0.302 e. The molecular formula is C16H21N3O3S. The van der Waals surface area contributed by atoms with Gasteiger partial charge in [-0.15, -0.1) is 0 Å². The standard InChI is InChI=1S/C16H21N3O3S/c1-13-16(6-7-19(13)23(17,20)21)15-4-2-14(3-5-15)12-18-8-10-22-11-9-18/h2-7H,8-12H2,1H3,(H2,17,20,21). The Balaban J connectivity index is 1.78. The van der Waals surface area contributed by atoms with E-state index >= 15 is 0 Å². The Hall–Kier alpha value is -1.67. The molecule has 1 aromatic carbocycles. The normalized spacial score (nSPS) is 16.6. The fraction of sp³-hybridized carbons (Fsp3) is 0.375. The van der Waals surface area contributed by atoms with Crippen molar-refractivity contribution >= 4 is 10.2 Å². The highest BCUT2D eigenvalue weighted by Gasteiger charge is 2.14. The number of hydrogen-bond acceptors (Lipinski definition) is 4. The van der Waals surface area contributed by atoms with Gasteiger partial charge >= 0.3 is 10.2 Å². The van der Waals surface area contributed by atoms with E-state index in [1.54, 1.807) is 13.0 Å². The summed E-state index contributed by atoms with van der Waals surface area (Å²) in [7, 11) is -3.75. The van der Waals surface area contributed by atoms with Crippen LogP contribution >= 0.6 is 0 Å². The molecule has 0 unspecified atom stereocenters. The van der Waals surface area contributed by atoms with E-state index in [0.29, 0.717) is 5.69 Å². The molecule has 0 amide bonds. The Morgan fingerprint density at radius 2 is 1.78 bits per heavy atom. The summed E-state index contributed by atoms with van der Waals surface area (Å²) >= 11 is 0. The first-order valence-corrected chi connectivity index (χ1v) is 9.06. The van der Waals surface area contributed by atoms with Crippen molar-refractivity contribution in [2.45, 2.75) is 13.5 Å². The van der Waals surface area contributed by atoms with Crippen LogP contribution in [0.5, 0.6) is 0 Å². The van der Waals surface area contributed by atoms with Gasteiger partial charge in [0.2, 0.25) is 0 Å². The monoisotopic (exact) mass is 335 g/mol. The van der Waals surface area contributed by atoms with Crippen molar-refractivity contribution in [3.63, 3.8) is 0 Å². The number of morpholine rings is 1. The van der Waals surface area contributed by atoms with Crippen molar-refractivity contribution in [2.75, 3.05) is 26.3 Å². The molecule has 1 aliphatic rings. The maximum atomic E-state index is 11.5. The van der Waals surface area contributed by atoms with Crippen LogP contribution in [0, 0.1) is 6.92 Å². The van der Waals surface area contributed by atoms with Gasteiger partial charge in [0.15, 0.2) is 0 Å². The first-order chi connectivity index (χ1) is 10.9. The lowest BCUT2D eigenvalue weighted by Gasteiger charge is -2.26. The van der Waals surface area contributed by atoms with Crippen LogP contribution in [0.4, 0.5) is 0 Å². The highest BCUT2D eigenvalue weighted by atomic mass is 32.2. The molecule has 0 radical (unpaired) electrons. The van der Waals surface area contributed by atoms with Gasteiger partial charge in [0, 0.05) is 37.1 Å². The van der Waals surface area contributed by atoms with E-state index in [-0.39, 0.29) is 0 Å². The van der Waals surface area contributed by atoms with Crippen LogP contribution in [0.25, 0.3) is 11.1 Å². The second kappa shape index (κ2) is 6.45. The molecule has 2 aromatic rings. The molecule has 1 saturated heterocycles. The zero-order valence-electron chi connectivity index (χ0n) is 13.1. The van der Waals surface area contributed by atoms with E-state index < -0.39 is 10.2 Å². The van der Waals surface area contributed by atoms with Crippen molar-refractivity contribution in [3.05, 3.63) is 47.8 Å². The van der Waals surface area contributed by atoms with Crippen LogP contribution in [0.3, 0.4) is 0 Å². The summed E-state index contributed by atoms with van der Waals surface area (Å²) in [5, 5.41) is 5.20. The summed E-state index contributed by atoms with van der Waals surface area (Å²) in [6.07, 6.45) is 1.49. The van der Waals surface area contributed by atoms with Crippen molar-refractivity contribution in [1.29, 1.82) is 0 Å². The predicted molar refractivity (Wildman–Crippen MR) is 89.2 cm³/mol. The molecule has 1 fully saturated rings. The van der Waals surface area contributed by atoms with Crippen molar-refractivity contribution < 1.29 is 13.2 Å². The summed E-state index contributed by atoms with van der Waals surface area (Å²) in [6.45, 7) is 6.15. The molecule has 0 saturated carbocycles. The van der Waals surface area contributed by atoms with E-state index in [0.717, 1.165) is 47.9 Å². The summed E-state index contributed by atoms with van der Waals surface area (Å²) in [5.74, 6) is 0. The lowest BCUT2D eigenvalue weighted by Crippen LogP contribution is -2.35. The lowest BCUT2D eigenvalue weighted by molar-refractivity contribution is 0.0342. The maximum absolute atomic E-state index is 11.5. The molecule has 7 heteroatoms. The van der Waals surface area contributed by atoms with Crippen LogP contribution in [0.1, 0.15) is 11.3 Å². The molecule has 0 aliphatic carbocycles. The maximum Gasteiger partial charge on any atom is 0.302 e. The van der Waals surface area contributed by atoms with Crippen molar-refractivity contribution in [3.8, 4) is 11.1 Å². The van der Waals surface area contributed by atoms with Gasteiger partial charge in [-0.2, -0.15) is 8.42 Å². The molecule has 0 atom stereocenters. The van der Waals surface area contributed by atoms with Gasteiger partial charge in [-0.1, -0.05) is 24.3 Å². The molecule has 1 aliphatic heterocycles. The second-order valence-corrected chi connectivity index (χ2v) is 7.16. The molecule has 124 valence electrons. The third kappa shape index (κ3) is 3.64. The number of benzene rings is 1. The van der Waals surface area contributed by atoms with Crippen LogP contribution in [-0.2, 0) is 21.5 Å². The highest BCUT2D eigenvalue weighted by molar-refractivity contribution is 7.87. The van der Waals surface area contributed by atoms with Crippen molar-refractivity contribution in [1.82, 2.24) is 8.87 Å². The van der Waals surface area contributed by atoms with E-state index in [2.05, 4.69) is 17.0 Å². The van der Waals surface area contributed by atoms with Gasteiger partial charge in [0.05, 0.1) is 13.2 Å². The largest absolute Gasteiger partial charge is 0.379 e. The topological polar surface area (TPSA) is 77.6 Å². The van der Waals surface area contributed by atoms with Crippen LogP contribution in [0.15, 0.2) is 36.5 Å². The molecule has 23 heavy (non-hydrogen) atoms. The quantitative estimate of drug-likeness (QED) is 0.915. The van der Waals surface area contributed by atoms with Gasteiger partial charge in [0.25, 0.3) is 0 Å². The minimum Gasteiger partial charge on any atom is -0.379 e. The minimum absolute atomic E-state index is 0.619. The van der Waals surface area contributed by atoms with Crippen LogP contribution < -0.4 is 5.14 Å². The van der Waals surface area contributed by atoms with E-state index in [1.165, 1.54) is 11.8 Å². The van der Waals surface area contributed by atoms with Crippen LogP contribution in [0.2, 0.25) is 0 Å². The first kappa shape index (κ1) is 16.2. The molecular weight excluding hydrogens is 314 g/mol. The Bertz CT molecular complexity index is 775. The number of aromatic nitrogens is 1. The van der Waals surface area contributed by atoms with Gasteiger partial charge in [-0.3, -0.25) is 4.90 Å². The van der Waals surface area contributed by atoms with E-state index in [4.69, 9.17) is 9.88 Å². The highest BCUT2D eigenvalue weighted by Crippen LogP contribution is 2.25. The molecule has 3 rings (SSSR count). The van der Waals surface area contributed by atoms with E-state index in [1.807, 2.05) is 12.1 Å². The Morgan fingerprint density at radius 3 is 2.35 bits per heavy atom. The SMILES string of the molecule is Cc1c(-c2ccc(CN3CCOCC3)cc2)ccn1S(N)(=O)=O. The van der Waals surface area contributed by atoms with Crippen molar-refractivity contribution in [2.24, 2.45) is 5.14 Å². The van der Waals surface area contributed by atoms with Gasteiger partial charge < -0.3 is 4.74 Å². The molecule has 1 aromatic heterocycles. The molecule has 0 bridgehead atoms. The number of nitrogens with zero attached hydrogens (tertiary/aromatic N) is 2. The summed E-state index contributed by atoms with van der Waals surface area (Å²) in [5.41, 5.74) is 3.71. The molecule has 2 N–H and O–H groups in total. The average Bonchev–Trinajstić information content (AvgIpc) is 2.91. The fourth-order valence-electron chi connectivity index (χ4n) is 2.88. The summed E-state index contributed by atoms with van der Waals surface area (Å²) < 4.78 is 29.5.